The highest BCUT2D eigenvalue weighted by molar-refractivity contribution is 5.69. The molecule has 4 heteroatoms. The molecular weight excluding hydrogens is 278 g/mol. The minimum Gasteiger partial charge on any atom is -0.466 e. The predicted octanol–water partition coefficient (Wildman–Crippen LogP) is 3.76. The molecule has 22 heavy (non-hydrogen) atoms. The van der Waals surface area contributed by atoms with Crippen LogP contribution in [0.3, 0.4) is 0 Å². The van der Waals surface area contributed by atoms with Crippen molar-refractivity contribution in [2.75, 3.05) is 32.8 Å². The minimum atomic E-state index is -0.0861. The maximum Gasteiger partial charge on any atom is 0.305 e. The molecule has 0 aliphatic carbocycles. The lowest BCUT2D eigenvalue weighted by molar-refractivity contribution is -0.143. The van der Waals surface area contributed by atoms with Crippen LogP contribution in [0.15, 0.2) is 0 Å². The fraction of sp³-hybridized carbons (Fsp3) is 0.944. The number of nitrogens with zero attached hydrogens (tertiary/aromatic N) is 1. The van der Waals surface area contributed by atoms with E-state index in [0.29, 0.717) is 19.6 Å². The van der Waals surface area contributed by atoms with E-state index in [9.17, 15) is 4.79 Å². The van der Waals surface area contributed by atoms with Crippen molar-refractivity contribution in [3.63, 3.8) is 0 Å². The normalized spacial score (nSPS) is 11.1. The van der Waals surface area contributed by atoms with Gasteiger partial charge in [0.2, 0.25) is 0 Å². The Labute approximate surface area is 137 Å². The lowest BCUT2D eigenvalue weighted by atomic mass is 10.1. The number of hydrogen-bond acceptors (Lipinski definition) is 4. The van der Waals surface area contributed by atoms with Crippen molar-refractivity contribution in [1.29, 1.82) is 0 Å². The van der Waals surface area contributed by atoms with Gasteiger partial charge in [-0.3, -0.25) is 4.79 Å². The van der Waals surface area contributed by atoms with Gasteiger partial charge in [-0.05, 0) is 32.4 Å². The number of rotatable bonds is 16. The molecule has 0 rings (SSSR count). The van der Waals surface area contributed by atoms with Crippen LogP contribution in [0.25, 0.3) is 0 Å². The number of carbonyl (C=O) groups is 1. The van der Waals surface area contributed by atoms with E-state index in [4.69, 9.17) is 9.84 Å². The van der Waals surface area contributed by atoms with Gasteiger partial charge in [0.1, 0.15) is 0 Å². The van der Waals surface area contributed by atoms with Crippen LogP contribution in [0, 0.1) is 0 Å². The number of carbonyl (C=O) groups excluding carboxylic acids is 1. The highest BCUT2D eigenvalue weighted by Crippen LogP contribution is 2.07. The van der Waals surface area contributed by atoms with Crippen molar-refractivity contribution >= 4 is 5.97 Å². The van der Waals surface area contributed by atoms with Crippen molar-refractivity contribution in [3.8, 4) is 0 Å². The first-order valence-electron chi connectivity index (χ1n) is 9.23. The molecule has 0 spiro atoms. The van der Waals surface area contributed by atoms with Crippen molar-refractivity contribution < 1.29 is 14.6 Å². The zero-order chi connectivity index (χ0) is 16.5. The molecule has 0 saturated carbocycles. The Morgan fingerprint density at radius 3 is 2.18 bits per heavy atom. The number of hydrogen-bond donors (Lipinski definition) is 1. The molecule has 0 amide bonds. The molecule has 0 aromatic carbocycles. The Balaban J connectivity index is 3.64. The van der Waals surface area contributed by atoms with E-state index in [0.717, 1.165) is 32.4 Å². The van der Waals surface area contributed by atoms with Gasteiger partial charge in [-0.2, -0.15) is 0 Å². The van der Waals surface area contributed by atoms with E-state index in [1.165, 1.54) is 38.5 Å². The third kappa shape index (κ3) is 14.3. The van der Waals surface area contributed by atoms with E-state index in [2.05, 4.69) is 18.7 Å². The largest absolute Gasteiger partial charge is 0.466 e. The standard InChI is InChI=1S/C18H37NO3/c1-3-5-7-8-9-10-13-19(15-16-20)14-11-12-18(21)22-17-6-4-2/h20H,3-17H2,1-2H3. The van der Waals surface area contributed by atoms with Crippen LogP contribution >= 0.6 is 0 Å². The van der Waals surface area contributed by atoms with E-state index in [1.54, 1.807) is 0 Å². The smallest absolute Gasteiger partial charge is 0.305 e. The Hall–Kier alpha value is -0.610. The molecule has 0 radical (unpaired) electrons. The topological polar surface area (TPSA) is 49.8 Å². The second kappa shape index (κ2) is 16.8. The lowest BCUT2D eigenvalue weighted by Gasteiger charge is -2.21. The molecule has 0 aliphatic heterocycles. The second-order valence-corrected chi connectivity index (χ2v) is 6.01. The highest BCUT2D eigenvalue weighted by atomic mass is 16.5. The molecule has 0 saturated heterocycles. The van der Waals surface area contributed by atoms with Gasteiger partial charge < -0.3 is 14.7 Å². The molecule has 132 valence electrons. The van der Waals surface area contributed by atoms with E-state index >= 15 is 0 Å². The molecule has 0 heterocycles. The summed E-state index contributed by atoms with van der Waals surface area (Å²) in [4.78, 5) is 13.8. The van der Waals surface area contributed by atoms with Gasteiger partial charge in [0.15, 0.2) is 0 Å². The molecule has 0 unspecified atom stereocenters. The maximum atomic E-state index is 11.5. The van der Waals surface area contributed by atoms with Gasteiger partial charge in [-0.25, -0.2) is 0 Å². The summed E-state index contributed by atoms with van der Waals surface area (Å²) in [7, 11) is 0. The summed E-state index contributed by atoms with van der Waals surface area (Å²) in [5, 5.41) is 9.13. The first kappa shape index (κ1) is 21.4. The van der Waals surface area contributed by atoms with Crippen LogP contribution in [-0.4, -0.2) is 48.8 Å². The SMILES string of the molecule is CCCCCCCCN(CCO)CCCC(=O)OCCCC. The lowest BCUT2D eigenvalue weighted by Crippen LogP contribution is -2.29. The Kier molecular flexibility index (Phi) is 16.3. The van der Waals surface area contributed by atoms with E-state index in [1.807, 2.05) is 0 Å². The van der Waals surface area contributed by atoms with Crippen molar-refractivity contribution in [1.82, 2.24) is 4.90 Å². The van der Waals surface area contributed by atoms with Crippen LogP contribution in [0.1, 0.15) is 78.1 Å². The van der Waals surface area contributed by atoms with E-state index in [-0.39, 0.29) is 12.6 Å². The highest BCUT2D eigenvalue weighted by Gasteiger charge is 2.07. The Morgan fingerprint density at radius 1 is 0.864 bits per heavy atom. The first-order valence-corrected chi connectivity index (χ1v) is 9.23. The number of ether oxygens (including phenoxy) is 1. The van der Waals surface area contributed by atoms with Crippen LogP contribution in [-0.2, 0) is 9.53 Å². The van der Waals surface area contributed by atoms with Gasteiger partial charge >= 0.3 is 5.97 Å². The van der Waals surface area contributed by atoms with Crippen LogP contribution in [0.5, 0.6) is 0 Å². The number of unbranched alkanes of at least 4 members (excludes halogenated alkanes) is 6. The van der Waals surface area contributed by atoms with Crippen LogP contribution in [0.2, 0.25) is 0 Å². The monoisotopic (exact) mass is 315 g/mol. The van der Waals surface area contributed by atoms with Gasteiger partial charge in [-0.1, -0.05) is 52.4 Å². The fourth-order valence-corrected chi connectivity index (χ4v) is 2.44. The summed E-state index contributed by atoms with van der Waals surface area (Å²) in [6.45, 7) is 7.67. The number of aliphatic hydroxyl groups is 1. The van der Waals surface area contributed by atoms with Crippen molar-refractivity contribution in [3.05, 3.63) is 0 Å². The van der Waals surface area contributed by atoms with Crippen LogP contribution < -0.4 is 0 Å². The van der Waals surface area contributed by atoms with Gasteiger partial charge in [0.05, 0.1) is 13.2 Å². The molecule has 0 bridgehead atoms. The molecular formula is C18H37NO3. The number of esters is 1. The average molecular weight is 315 g/mol. The Bertz CT molecular complexity index is 246. The number of aliphatic hydroxyl groups excluding tert-OH is 1. The fourth-order valence-electron chi connectivity index (χ4n) is 2.44. The van der Waals surface area contributed by atoms with Gasteiger partial charge in [0.25, 0.3) is 0 Å². The molecule has 0 aromatic heterocycles. The van der Waals surface area contributed by atoms with Crippen molar-refractivity contribution in [2.45, 2.75) is 78.1 Å². The first-order chi connectivity index (χ1) is 10.7. The summed E-state index contributed by atoms with van der Waals surface area (Å²) in [5.74, 6) is -0.0861. The molecule has 0 fully saturated rings. The molecule has 0 aromatic rings. The third-order valence-electron chi connectivity index (χ3n) is 3.86. The second-order valence-electron chi connectivity index (χ2n) is 6.01. The molecule has 4 nitrogen and oxygen atoms in total. The zero-order valence-electron chi connectivity index (χ0n) is 14.8. The summed E-state index contributed by atoms with van der Waals surface area (Å²) in [6, 6.07) is 0. The van der Waals surface area contributed by atoms with Crippen LogP contribution in [0.4, 0.5) is 0 Å². The maximum absolute atomic E-state index is 11.5. The summed E-state index contributed by atoms with van der Waals surface area (Å²) in [6.07, 6.45) is 11.0. The van der Waals surface area contributed by atoms with Gasteiger partial charge in [-0.15, -0.1) is 0 Å². The average Bonchev–Trinajstić information content (AvgIpc) is 2.51. The molecule has 0 aliphatic rings. The molecule has 1 N–H and O–H groups in total. The Morgan fingerprint density at radius 2 is 1.50 bits per heavy atom. The third-order valence-corrected chi connectivity index (χ3v) is 3.86. The quantitative estimate of drug-likeness (QED) is 0.348. The summed E-state index contributed by atoms with van der Waals surface area (Å²) in [5.41, 5.74) is 0. The zero-order valence-corrected chi connectivity index (χ0v) is 14.8. The summed E-state index contributed by atoms with van der Waals surface area (Å²) < 4.78 is 5.15. The van der Waals surface area contributed by atoms with Crippen molar-refractivity contribution in [2.24, 2.45) is 0 Å². The minimum absolute atomic E-state index is 0.0861. The summed E-state index contributed by atoms with van der Waals surface area (Å²) >= 11 is 0. The van der Waals surface area contributed by atoms with Gasteiger partial charge in [0, 0.05) is 13.0 Å². The predicted molar refractivity (Wildman–Crippen MR) is 92.0 cm³/mol. The molecule has 0 atom stereocenters. The van der Waals surface area contributed by atoms with E-state index < -0.39 is 0 Å².